The molecule has 142 valence electrons. The lowest BCUT2D eigenvalue weighted by molar-refractivity contribution is 0.818. The topological polar surface area (TPSA) is 17.8 Å². The number of benzene rings is 3. The monoisotopic (exact) mass is 408 g/mol. The highest BCUT2D eigenvalue weighted by atomic mass is 35.5. The van der Waals surface area contributed by atoms with Crippen LogP contribution < -0.4 is 0 Å². The molecule has 0 amide bonds. The number of aromatic nitrogens is 2. The van der Waals surface area contributed by atoms with E-state index in [1.54, 1.807) is 6.07 Å². The summed E-state index contributed by atoms with van der Waals surface area (Å²) in [6.07, 6.45) is 0. The number of para-hydroxylation sites is 2. The van der Waals surface area contributed by atoms with E-state index in [1.165, 1.54) is 27.8 Å². The van der Waals surface area contributed by atoms with Crippen LogP contribution in [0.1, 0.15) is 27.8 Å². The molecule has 0 atom stereocenters. The third-order valence-electron chi connectivity index (χ3n) is 5.66. The van der Waals surface area contributed by atoms with Crippen LogP contribution in [0.15, 0.2) is 48.5 Å². The van der Waals surface area contributed by atoms with E-state index in [0.717, 1.165) is 29.0 Å². The van der Waals surface area contributed by atoms with Crippen LogP contribution in [0.2, 0.25) is 10.0 Å². The molecule has 0 N–H and O–H groups in total. The average molecular weight is 409 g/mol. The number of hydrogen-bond acceptors (Lipinski definition) is 1. The van der Waals surface area contributed by atoms with Crippen molar-refractivity contribution in [2.45, 2.75) is 34.2 Å². The fraction of sp³-hybridized carbons (Fsp3) is 0.208. The van der Waals surface area contributed by atoms with E-state index in [9.17, 15) is 0 Å². The van der Waals surface area contributed by atoms with Gasteiger partial charge in [-0.2, -0.15) is 0 Å². The largest absolute Gasteiger partial charge is 0.319 e. The minimum Gasteiger partial charge on any atom is -0.319 e. The molecule has 2 nitrogen and oxygen atoms in total. The molecule has 3 aromatic carbocycles. The zero-order valence-corrected chi connectivity index (χ0v) is 18.0. The van der Waals surface area contributed by atoms with E-state index in [0.29, 0.717) is 10.0 Å². The summed E-state index contributed by atoms with van der Waals surface area (Å²) in [6, 6.07) is 16.1. The first kappa shape index (κ1) is 19.0. The van der Waals surface area contributed by atoms with E-state index in [1.807, 2.05) is 24.3 Å². The van der Waals surface area contributed by atoms with Crippen LogP contribution in [-0.4, -0.2) is 9.55 Å². The van der Waals surface area contributed by atoms with Gasteiger partial charge in [-0.05, 0) is 85.8 Å². The molecule has 0 fully saturated rings. The summed E-state index contributed by atoms with van der Waals surface area (Å²) < 4.78 is 2.26. The summed E-state index contributed by atoms with van der Waals surface area (Å²) in [5, 5.41) is 1.23. The molecule has 0 radical (unpaired) electrons. The average Bonchev–Trinajstić information content (AvgIpc) is 3.02. The normalized spacial score (nSPS) is 11.4. The molecule has 0 aliphatic rings. The van der Waals surface area contributed by atoms with Crippen LogP contribution in [0.4, 0.5) is 0 Å². The second-order valence-corrected chi connectivity index (χ2v) is 8.22. The number of fused-ring (bicyclic) bond motifs is 1. The Balaban J connectivity index is 1.97. The number of aryl methyl sites for hydroxylation is 2. The lowest BCUT2D eigenvalue weighted by Crippen LogP contribution is -2.08. The SMILES string of the molecule is Cc1cc(C)c(C)c(Cn2c(-c3ccc(Cl)cc3Cl)nc3ccccc32)c1C. The van der Waals surface area contributed by atoms with Gasteiger partial charge in [0.25, 0.3) is 0 Å². The van der Waals surface area contributed by atoms with E-state index in [2.05, 4.69) is 50.5 Å². The van der Waals surface area contributed by atoms with E-state index in [-0.39, 0.29) is 0 Å². The maximum absolute atomic E-state index is 6.54. The molecule has 1 heterocycles. The molecule has 28 heavy (non-hydrogen) atoms. The third-order valence-corrected chi connectivity index (χ3v) is 6.21. The maximum atomic E-state index is 6.54. The Morgan fingerprint density at radius 3 is 2.21 bits per heavy atom. The molecule has 0 saturated heterocycles. The molecular formula is C24H22Cl2N2. The quantitative estimate of drug-likeness (QED) is 0.347. The molecule has 0 saturated carbocycles. The van der Waals surface area contributed by atoms with Crippen LogP contribution in [-0.2, 0) is 6.54 Å². The van der Waals surface area contributed by atoms with Gasteiger partial charge in [-0.3, -0.25) is 0 Å². The fourth-order valence-electron chi connectivity index (χ4n) is 3.81. The zero-order chi connectivity index (χ0) is 20.0. The number of imidazole rings is 1. The van der Waals surface area contributed by atoms with Crippen molar-refractivity contribution in [2.75, 3.05) is 0 Å². The molecule has 0 spiro atoms. The highest BCUT2D eigenvalue weighted by Gasteiger charge is 2.18. The van der Waals surface area contributed by atoms with Gasteiger partial charge in [0.2, 0.25) is 0 Å². The van der Waals surface area contributed by atoms with Crippen LogP contribution in [0.3, 0.4) is 0 Å². The molecule has 4 heteroatoms. The smallest absolute Gasteiger partial charge is 0.142 e. The zero-order valence-electron chi connectivity index (χ0n) is 16.5. The first-order valence-electron chi connectivity index (χ1n) is 9.33. The van der Waals surface area contributed by atoms with Gasteiger partial charge in [0.15, 0.2) is 0 Å². The summed E-state index contributed by atoms with van der Waals surface area (Å²) in [4.78, 5) is 4.91. The Bertz CT molecular complexity index is 1180. The van der Waals surface area contributed by atoms with Crippen molar-refractivity contribution in [1.29, 1.82) is 0 Å². The van der Waals surface area contributed by atoms with Crippen molar-refractivity contribution in [2.24, 2.45) is 0 Å². The molecular weight excluding hydrogens is 387 g/mol. The van der Waals surface area contributed by atoms with Gasteiger partial charge in [-0.1, -0.05) is 41.4 Å². The van der Waals surface area contributed by atoms with E-state index >= 15 is 0 Å². The Morgan fingerprint density at radius 2 is 1.54 bits per heavy atom. The van der Waals surface area contributed by atoms with Crippen molar-refractivity contribution in [3.8, 4) is 11.4 Å². The first-order chi connectivity index (χ1) is 13.4. The summed E-state index contributed by atoms with van der Waals surface area (Å²) in [7, 11) is 0. The second-order valence-electron chi connectivity index (χ2n) is 7.37. The Morgan fingerprint density at radius 1 is 0.857 bits per heavy atom. The van der Waals surface area contributed by atoms with Crippen molar-refractivity contribution >= 4 is 34.2 Å². The fourth-order valence-corrected chi connectivity index (χ4v) is 4.30. The van der Waals surface area contributed by atoms with Crippen LogP contribution >= 0.6 is 23.2 Å². The van der Waals surface area contributed by atoms with Gasteiger partial charge in [0.05, 0.1) is 22.6 Å². The van der Waals surface area contributed by atoms with Gasteiger partial charge in [0, 0.05) is 10.6 Å². The molecule has 0 aliphatic heterocycles. The minimum absolute atomic E-state index is 0.609. The van der Waals surface area contributed by atoms with E-state index in [4.69, 9.17) is 28.2 Å². The van der Waals surface area contributed by atoms with Gasteiger partial charge in [-0.15, -0.1) is 0 Å². The van der Waals surface area contributed by atoms with Crippen molar-refractivity contribution in [3.63, 3.8) is 0 Å². The van der Waals surface area contributed by atoms with Gasteiger partial charge in [-0.25, -0.2) is 4.98 Å². The van der Waals surface area contributed by atoms with Gasteiger partial charge in [0.1, 0.15) is 5.82 Å². The summed E-state index contributed by atoms with van der Waals surface area (Å²) in [5.74, 6) is 0.862. The number of nitrogens with zero attached hydrogens (tertiary/aromatic N) is 2. The number of hydrogen-bond donors (Lipinski definition) is 0. The summed E-state index contributed by atoms with van der Waals surface area (Å²) in [5.41, 5.74) is 9.57. The maximum Gasteiger partial charge on any atom is 0.142 e. The highest BCUT2D eigenvalue weighted by molar-refractivity contribution is 6.36. The lowest BCUT2D eigenvalue weighted by Gasteiger charge is -2.18. The van der Waals surface area contributed by atoms with Crippen LogP contribution in [0, 0.1) is 27.7 Å². The molecule has 1 aromatic heterocycles. The van der Waals surface area contributed by atoms with Gasteiger partial charge < -0.3 is 4.57 Å². The predicted octanol–water partition coefficient (Wildman–Crippen LogP) is 7.29. The first-order valence-corrected chi connectivity index (χ1v) is 10.1. The lowest BCUT2D eigenvalue weighted by atomic mass is 9.94. The minimum atomic E-state index is 0.609. The Hall–Kier alpha value is -2.29. The second kappa shape index (κ2) is 7.27. The van der Waals surface area contributed by atoms with E-state index < -0.39 is 0 Å². The van der Waals surface area contributed by atoms with Crippen molar-refractivity contribution < 1.29 is 0 Å². The van der Waals surface area contributed by atoms with Crippen molar-refractivity contribution in [3.05, 3.63) is 86.4 Å². The molecule has 4 rings (SSSR count). The van der Waals surface area contributed by atoms with Crippen LogP contribution in [0.25, 0.3) is 22.4 Å². The summed E-state index contributed by atoms with van der Waals surface area (Å²) >= 11 is 12.7. The Kier molecular flexibility index (Phi) is 4.95. The highest BCUT2D eigenvalue weighted by Crippen LogP contribution is 2.33. The molecule has 0 unspecified atom stereocenters. The number of halogens is 2. The Labute approximate surface area is 175 Å². The third kappa shape index (κ3) is 3.21. The van der Waals surface area contributed by atoms with Crippen molar-refractivity contribution in [1.82, 2.24) is 9.55 Å². The molecule has 4 aromatic rings. The van der Waals surface area contributed by atoms with Crippen LogP contribution in [0.5, 0.6) is 0 Å². The summed E-state index contributed by atoms with van der Waals surface area (Å²) in [6.45, 7) is 9.49. The standard InChI is InChI=1S/C24H22Cl2N2/c1-14-11-15(2)17(4)20(16(14)3)13-28-23-8-6-5-7-22(23)27-24(28)19-10-9-18(25)12-21(19)26/h5-12H,13H2,1-4H3. The van der Waals surface area contributed by atoms with Gasteiger partial charge >= 0.3 is 0 Å². The number of rotatable bonds is 3. The predicted molar refractivity (Wildman–Crippen MR) is 120 cm³/mol. The molecule has 0 bridgehead atoms. The molecule has 0 aliphatic carbocycles.